The highest BCUT2D eigenvalue weighted by atomic mass is 35.5. The third kappa shape index (κ3) is 2.08. The fourth-order valence-electron chi connectivity index (χ4n) is 2.44. The topological polar surface area (TPSA) is 90.8 Å². The maximum atomic E-state index is 11.4. The zero-order valence-electron chi connectivity index (χ0n) is 9.21. The second-order valence-corrected chi connectivity index (χ2v) is 4.65. The first-order valence-electron chi connectivity index (χ1n) is 5.47. The van der Waals surface area contributed by atoms with Gasteiger partial charge in [-0.2, -0.15) is 0 Å². The first kappa shape index (κ1) is 12.5. The molecule has 2 unspecified atom stereocenters. The van der Waals surface area contributed by atoms with Gasteiger partial charge in [0, 0.05) is 24.1 Å². The number of nitro groups is 1. The van der Waals surface area contributed by atoms with Crippen molar-refractivity contribution < 1.29 is 9.66 Å². The van der Waals surface area contributed by atoms with Gasteiger partial charge in [-0.3, -0.25) is 10.1 Å². The molecule has 7 heteroatoms. The van der Waals surface area contributed by atoms with Crippen LogP contribution in [0.25, 0.3) is 0 Å². The van der Waals surface area contributed by atoms with Crippen molar-refractivity contribution in [2.75, 3.05) is 13.2 Å². The van der Waals surface area contributed by atoms with Crippen LogP contribution >= 0.6 is 11.6 Å². The van der Waals surface area contributed by atoms with Gasteiger partial charge in [-0.05, 0) is 25.0 Å². The Kier molecular flexibility index (Phi) is 3.46. The summed E-state index contributed by atoms with van der Waals surface area (Å²) in [4.78, 5) is 15.0. The van der Waals surface area contributed by atoms with E-state index in [9.17, 15) is 10.1 Å². The third-order valence-corrected chi connectivity index (χ3v) is 3.64. The van der Waals surface area contributed by atoms with Crippen molar-refractivity contribution in [3.63, 3.8) is 0 Å². The van der Waals surface area contributed by atoms with E-state index in [0.717, 1.165) is 0 Å². The van der Waals surface area contributed by atoms with Crippen molar-refractivity contribution in [1.82, 2.24) is 0 Å². The molecule has 0 radical (unpaired) electrons. The monoisotopic (exact) mass is 259 g/mol. The van der Waals surface area contributed by atoms with Crippen molar-refractivity contribution in [2.24, 2.45) is 16.6 Å². The van der Waals surface area contributed by atoms with Crippen LogP contribution in [0.3, 0.4) is 0 Å². The second kappa shape index (κ2) is 4.72. The Morgan fingerprint density at radius 2 is 2.24 bits per heavy atom. The second-order valence-electron chi connectivity index (χ2n) is 4.26. The Morgan fingerprint density at radius 1 is 1.59 bits per heavy atom. The molecule has 0 saturated carbocycles. The van der Waals surface area contributed by atoms with E-state index >= 15 is 0 Å². The Hall–Kier alpha value is -0.980. The molecule has 94 valence electrons. The molecule has 2 atom stereocenters. The van der Waals surface area contributed by atoms with E-state index in [1.165, 1.54) is 12.2 Å². The van der Waals surface area contributed by atoms with Gasteiger partial charge >= 0.3 is 0 Å². The summed E-state index contributed by atoms with van der Waals surface area (Å²) < 4.78 is 5.22. The Labute approximate surface area is 104 Å². The summed E-state index contributed by atoms with van der Waals surface area (Å²) in [5.74, 6) is -0.161. The zero-order chi connectivity index (χ0) is 12.5. The first-order valence-corrected chi connectivity index (χ1v) is 5.85. The van der Waals surface area contributed by atoms with Gasteiger partial charge in [0.05, 0.1) is 0 Å². The molecule has 17 heavy (non-hydrogen) atoms. The lowest BCUT2D eigenvalue weighted by Gasteiger charge is -2.36. The summed E-state index contributed by atoms with van der Waals surface area (Å²) in [5.41, 5.74) is 4.49. The maximum Gasteiger partial charge on any atom is 0.278 e. The van der Waals surface area contributed by atoms with E-state index in [-0.39, 0.29) is 16.0 Å². The van der Waals surface area contributed by atoms with Crippen LogP contribution in [0.1, 0.15) is 12.8 Å². The van der Waals surface area contributed by atoms with E-state index in [2.05, 4.69) is 4.99 Å². The number of aliphatic imine (C=N–C) groups is 1. The molecule has 0 aromatic rings. The molecule has 0 aromatic carbocycles. The summed E-state index contributed by atoms with van der Waals surface area (Å²) >= 11 is 5.72. The molecule has 6 nitrogen and oxygen atoms in total. The number of nitrogens with zero attached hydrogens (tertiary/aromatic N) is 2. The molecular weight excluding hydrogens is 246 g/mol. The number of allylic oxidation sites excluding steroid dienone is 1. The first-order chi connectivity index (χ1) is 8.07. The molecule has 2 heterocycles. The molecule has 1 fully saturated rings. The van der Waals surface area contributed by atoms with Crippen molar-refractivity contribution in [3.8, 4) is 0 Å². The molecular formula is C10H14ClN3O3. The summed E-state index contributed by atoms with van der Waals surface area (Å²) in [6.45, 7) is 1.05. The molecule has 0 aliphatic carbocycles. The van der Waals surface area contributed by atoms with E-state index in [4.69, 9.17) is 22.1 Å². The number of nitrogens with two attached hydrogens (primary N) is 1. The molecule has 0 amide bonds. The Balaban J connectivity index is 2.33. The standard InChI is InChI=1S/C10H14ClN3O3/c11-8-1-4-10(14(15)16,9(12)13-8)7-2-5-17-6-3-7/h1,4,7,9H,2-3,5-6,12H2. The molecule has 2 aliphatic heterocycles. The van der Waals surface area contributed by atoms with Crippen LogP contribution in [0.4, 0.5) is 0 Å². The Morgan fingerprint density at radius 3 is 2.76 bits per heavy atom. The molecule has 0 spiro atoms. The summed E-state index contributed by atoms with van der Waals surface area (Å²) in [5, 5.41) is 11.6. The molecule has 2 aliphatic rings. The lowest BCUT2D eigenvalue weighted by atomic mass is 9.76. The van der Waals surface area contributed by atoms with Gasteiger partial charge < -0.3 is 10.5 Å². The van der Waals surface area contributed by atoms with Crippen LogP contribution in [0.2, 0.25) is 0 Å². The number of halogens is 1. The van der Waals surface area contributed by atoms with E-state index in [0.29, 0.717) is 26.1 Å². The van der Waals surface area contributed by atoms with Gasteiger partial charge in [-0.15, -0.1) is 0 Å². The van der Waals surface area contributed by atoms with Crippen LogP contribution in [0.5, 0.6) is 0 Å². The van der Waals surface area contributed by atoms with Crippen molar-refractivity contribution >= 4 is 16.8 Å². The van der Waals surface area contributed by atoms with Crippen LogP contribution in [-0.2, 0) is 4.74 Å². The van der Waals surface area contributed by atoms with Crippen molar-refractivity contribution in [1.29, 1.82) is 0 Å². The largest absolute Gasteiger partial charge is 0.381 e. The molecule has 0 bridgehead atoms. The SMILES string of the molecule is NC1N=C(Cl)C=CC1(C1CCOCC1)[N+](=O)[O-]. The number of ether oxygens (including phenoxy) is 1. The minimum Gasteiger partial charge on any atom is -0.381 e. The minimum atomic E-state index is -1.35. The number of dihydropyridines is 1. The summed E-state index contributed by atoms with van der Waals surface area (Å²) in [6.07, 6.45) is 3.25. The zero-order valence-corrected chi connectivity index (χ0v) is 9.97. The molecule has 2 rings (SSSR count). The van der Waals surface area contributed by atoms with Crippen LogP contribution in [0.15, 0.2) is 17.1 Å². The Bertz CT molecular complexity index is 379. The highest BCUT2D eigenvalue weighted by Crippen LogP contribution is 2.36. The highest BCUT2D eigenvalue weighted by Gasteiger charge is 2.55. The van der Waals surface area contributed by atoms with Crippen molar-refractivity contribution in [3.05, 3.63) is 22.3 Å². The van der Waals surface area contributed by atoms with Gasteiger partial charge in [0.2, 0.25) is 0 Å². The van der Waals surface area contributed by atoms with Crippen LogP contribution in [-0.4, -0.2) is 35.0 Å². The van der Waals surface area contributed by atoms with Crippen LogP contribution < -0.4 is 5.73 Å². The van der Waals surface area contributed by atoms with Gasteiger partial charge in [0.1, 0.15) is 5.17 Å². The summed E-state index contributed by atoms with van der Waals surface area (Å²) in [6, 6.07) is 0. The van der Waals surface area contributed by atoms with E-state index in [1.54, 1.807) is 0 Å². The number of hydrogen-bond acceptors (Lipinski definition) is 5. The van der Waals surface area contributed by atoms with Gasteiger partial charge in [0.25, 0.3) is 5.54 Å². The lowest BCUT2D eigenvalue weighted by Crippen LogP contribution is -2.59. The van der Waals surface area contributed by atoms with Gasteiger partial charge in [-0.25, -0.2) is 4.99 Å². The fourth-order valence-corrected chi connectivity index (χ4v) is 2.60. The minimum absolute atomic E-state index is 0.161. The third-order valence-electron chi connectivity index (χ3n) is 3.42. The number of hydrogen-bond donors (Lipinski definition) is 1. The molecule has 1 saturated heterocycles. The fraction of sp³-hybridized carbons (Fsp3) is 0.700. The average Bonchev–Trinajstić information content (AvgIpc) is 2.30. The van der Waals surface area contributed by atoms with E-state index < -0.39 is 11.7 Å². The van der Waals surface area contributed by atoms with E-state index in [1.807, 2.05) is 0 Å². The quantitative estimate of drug-likeness (QED) is 0.590. The summed E-state index contributed by atoms with van der Waals surface area (Å²) in [7, 11) is 0. The molecule has 0 aromatic heterocycles. The highest BCUT2D eigenvalue weighted by molar-refractivity contribution is 6.68. The van der Waals surface area contributed by atoms with Crippen molar-refractivity contribution in [2.45, 2.75) is 24.5 Å². The smallest absolute Gasteiger partial charge is 0.278 e. The lowest BCUT2D eigenvalue weighted by molar-refractivity contribution is -0.571. The normalized spacial score (nSPS) is 34.5. The van der Waals surface area contributed by atoms with Gasteiger partial charge in [-0.1, -0.05) is 11.6 Å². The average molecular weight is 260 g/mol. The predicted molar refractivity (Wildman–Crippen MR) is 63.7 cm³/mol. The number of rotatable bonds is 2. The predicted octanol–water partition coefficient (Wildman–Crippen LogP) is 0.920. The van der Waals surface area contributed by atoms with Crippen LogP contribution in [0, 0.1) is 16.0 Å². The maximum absolute atomic E-state index is 11.4. The van der Waals surface area contributed by atoms with Gasteiger partial charge in [0.15, 0.2) is 6.17 Å². The molecule has 2 N–H and O–H groups in total.